The number of carbonyl (C=O) groups is 1. The maximum absolute atomic E-state index is 12.9. The van der Waals surface area contributed by atoms with Gasteiger partial charge in [0, 0.05) is 48.5 Å². The van der Waals surface area contributed by atoms with Crippen LogP contribution in [0.4, 0.5) is 0 Å². The molecule has 0 bridgehead atoms. The molecule has 4 aromatic rings. The predicted molar refractivity (Wildman–Crippen MR) is 119 cm³/mol. The zero-order chi connectivity index (χ0) is 21.1. The SMILES string of the molecule is Cc1cc(C(=O)CSc2nnc(-c3ccncc3)n2C)c(C)n1Cc1ccccc1. The molecule has 0 aliphatic carbocycles. The monoisotopic (exact) mass is 417 g/mol. The van der Waals surface area contributed by atoms with Gasteiger partial charge in [-0.05, 0) is 37.6 Å². The minimum atomic E-state index is 0.0980. The number of aromatic nitrogens is 5. The van der Waals surface area contributed by atoms with Gasteiger partial charge < -0.3 is 9.13 Å². The second kappa shape index (κ2) is 8.67. The van der Waals surface area contributed by atoms with Gasteiger partial charge in [0.15, 0.2) is 16.8 Å². The number of nitrogens with zero attached hydrogens (tertiary/aromatic N) is 5. The molecule has 0 amide bonds. The minimum absolute atomic E-state index is 0.0980. The number of thioether (sulfide) groups is 1. The molecule has 3 aromatic heterocycles. The molecule has 0 unspecified atom stereocenters. The fraction of sp³-hybridized carbons (Fsp3) is 0.217. The van der Waals surface area contributed by atoms with Crippen molar-refractivity contribution < 1.29 is 4.79 Å². The van der Waals surface area contributed by atoms with E-state index < -0.39 is 0 Å². The van der Waals surface area contributed by atoms with E-state index in [1.807, 2.05) is 61.9 Å². The molecule has 0 aliphatic rings. The summed E-state index contributed by atoms with van der Waals surface area (Å²) in [7, 11) is 1.91. The van der Waals surface area contributed by atoms with Gasteiger partial charge in [0.2, 0.25) is 0 Å². The molecule has 6 nitrogen and oxygen atoms in total. The predicted octanol–water partition coefficient (Wildman–Crippen LogP) is 4.32. The highest BCUT2D eigenvalue weighted by molar-refractivity contribution is 7.99. The van der Waals surface area contributed by atoms with Crippen molar-refractivity contribution in [3.8, 4) is 11.4 Å². The number of Topliss-reactive ketones (excluding diaryl/α,β-unsaturated/α-hetero) is 1. The smallest absolute Gasteiger partial charge is 0.191 e. The lowest BCUT2D eigenvalue weighted by Gasteiger charge is -2.10. The van der Waals surface area contributed by atoms with Gasteiger partial charge in [-0.2, -0.15) is 0 Å². The summed E-state index contributed by atoms with van der Waals surface area (Å²) in [5.74, 6) is 1.17. The van der Waals surface area contributed by atoms with Gasteiger partial charge in [0.1, 0.15) is 0 Å². The Morgan fingerprint density at radius 1 is 1.03 bits per heavy atom. The zero-order valence-electron chi connectivity index (χ0n) is 17.2. The third kappa shape index (κ3) is 4.07. The van der Waals surface area contributed by atoms with Crippen molar-refractivity contribution in [2.24, 2.45) is 7.05 Å². The van der Waals surface area contributed by atoms with Crippen LogP contribution in [0.15, 0.2) is 66.1 Å². The molecular weight excluding hydrogens is 394 g/mol. The summed E-state index contributed by atoms with van der Waals surface area (Å²) in [6, 6.07) is 16.1. The maximum Gasteiger partial charge on any atom is 0.191 e. The fourth-order valence-electron chi connectivity index (χ4n) is 3.49. The van der Waals surface area contributed by atoms with Crippen LogP contribution in [-0.4, -0.2) is 35.9 Å². The van der Waals surface area contributed by atoms with Crippen molar-refractivity contribution in [1.82, 2.24) is 24.3 Å². The fourth-order valence-corrected chi connectivity index (χ4v) is 4.29. The largest absolute Gasteiger partial charge is 0.344 e. The van der Waals surface area contributed by atoms with Crippen LogP contribution in [0.1, 0.15) is 27.3 Å². The first kappa shape index (κ1) is 20.1. The summed E-state index contributed by atoms with van der Waals surface area (Å²) in [4.78, 5) is 17.0. The molecular formula is C23H23N5OS. The lowest BCUT2D eigenvalue weighted by atomic mass is 10.2. The standard InChI is InChI=1S/C23H23N5OS/c1-16-13-20(17(2)28(16)14-18-7-5-4-6-8-18)21(29)15-30-23-26-25-22(27(23)3)19-9-11-24-12-10-19/h4-13H,14-15H2,1-3H3. The first-order chi connectivity index (χ1) is 14.5. The number of carbonyl (C=O) groups excluding carboxylic acids is 1. The lowest BCUT2D eigenvalue weighted by molar-refractivity contribution is 0.102. The molecule has 0 saturated heterocycles. The van der Waals surface area contributed by atoms with Crippen LogP contribution in [0.25, 0.3) is 11.4 Å². The summed E-state index contributed by atoms with van der Waals surface area (Å²) in [6.07, 6.45) is 3.46. The van der Waals surface area contributed by atoms with E-state index in [9.17, 15) is 4.79 Å². The van der Waals surface area contributed by atoms with E-state index in [1.54, 1.807) is 12.4 Å². The Hall–Kier alpha value is -3.19. The molecule has 3 heterocycles. The van der Waals surface area contributed by atoms with Gasteiger partial charge >= 0.3 is 0 Å². The molecule has 0 saturated carbocycles. The van der Waals surface area contributed by atoms with Gasteiger partial charge in [-0.25, -0.2) is 0 Å². The van der Waals surface area contributed by atoms with Crippen molar-refractivity contribution in [3.63, 3.8) is 0 Å². The average Bonchev–Trinajstić information content (AvgIpc) is 3.27. The third-order valence-corrected chi connectivity index (χ3v) is 6.18. The summed E-state index contributed by atoms with van der Waals surface area (Å²) in [5, 5.41) is 9.24. The first-order valence-corrected chi connectivity index (χ1v) is 10.7. The van der Waals surface area contributed by atoms with Crippen molar-refractivity contribution in [2.75, 3.05) is 5.75 Å². The minimum Gasteiger partial charge on any atom is -0.344 e. The van der Waals surface area contributed by atoms with Crippen molar-refractivity contribution >= 4 is 17.5 Å². The number of benzene rings is 1. The number of ketones is 1. The summed E-state index contributed by atoms with van der Waals surface area (Å²) in [6.45, 7) is 4.82. The number of hydrogen-bond donors (Lipinski definition) is 0. The normalized spacial score (nSPS) is 11.0. The van der Waals surface area contributed by atoms with E-state index in [-0.39, 0.29) is 5.78 Å². The molecule has 0 aliphatic heterocycles. The number of hydrogen-bond acceptors (Lipinski definition) is 5. The van der Waals surface area contributed by atoms with Gasteiger partial charge in [0.05, 0.1) is 5.75 Å². The Morgan fingerprint density at radius 3 is 2.50 bits per heavy atom. The van der Waals surface area contributed by atoms with Crippen molar-refractivity contribution in [1.29, 1.82) is 0 Å². The second-order valence-electron chi connectivity index (χ2n) is 7.17. The van der Waals surface area contributed by atoms with E-state index in [0.717, 1.165) is 34.9 Å². The lowest BCUT2D eigenvalue weighted by Crippen LogP contribution is -2.08. The molecule has 30 heavy (non-hydrogen) atoms. The van der Waals surface area contributed by atoms with Crippen LogP contribution >= 0.6 is 11.8 Å². The molecule has 0 N–H and O–H groups in total. The Kier molecular flexibility index (Phi) is 5.81. The highest BCUT2D eigenvalue weighted by atomic mass is 32.2. The van der Waals surface area contributed by atoms with Gasteiger partial charge in [-0.3, -0.25) is 9.78 Å². The van der Waals surface area contributed by atoms with Crippen molar-refractivity contribution in [3.05, 3.63) is 83.4 Å². The maximum atomic E-state index is 12.9. The van der Waals surface area contributed by atoms with Crippen LogP contribution in [0.5, 0.6) is 0 Å². The molecule has 0 spiro atoms. The highest BCUT2D eigenvalue weighted by Gasteiger charge is 2.18. The molecule has 7 heteroatoms. The molecule has 0 atom stereocenters. The third-order valence-electron chi connectivity index (χ3n) is 5.16. The van der Waals surface area contributed by atoms with Crippen LogP contribution in [-0.2, 0) is 13.6 Å². The summed E-state index contributed by atoms with van der Waals surface area (Å²) < 4.78 is 4.10. The number of pyridine rings is 1. The van der Waals surface area contributed by atoms with Gasteiger partial charge in [-0.15, -0.1) is 10.2 Å². The Labute approximate surface area is 180 Å². The molecule has 152 valence electrons. The Balaban J connectivity index is 1.48. The van der Waals surface area contributed by atoms with E-state index in [4.69, 9.17) is 0 Å². The molecule has 0 fully saturated rings. The van der Waals surface area contributed by atoms with Crippen molar-refractivity contribution in [2.45, 2.75) is 25.5 Å². The molecule has 4 rings (SSSR count). The number of rotatable bonds is 7. The summed E-state index contributed by atoms with van der Waals surface area (Å²) >= 11 is 1.41. The first-order valence-electron chi connectivity index (χ1n) is 9.71. The van der Waals surface area contributed by atoms with Crippen LogP contribution in [0, 0.1) is 13.8 Å². The van der Waals surface area contributed by atoms with E-state index in [1.165, 1.54) is 17.3 Å². The Bertz CT molecular complexity index is 1170. The molecule has 0 radical (unpaired) electrons. The topological polar surface area (TPSA) is 65.6 Å². The van der Waals surface area contributed by atoms with E-state index in [2.05, 4.69) is 31.9 Å². The number of aryl methyl sites for hydroxylation is 1. The second-order valence-corrected chi connectivity index (χ2v) is 8.11. The van der Waals surface area contributed by atoms with Crippen LogP contribution in [0.2, 0.25) is 0 Å². The van der Waals surface area contributed by atoms with Crippen LogP contribution in [0.3, 0.4) is 0 Å². The quantitative estimate of drug-likeness (QED) is 0.331. The Morgan fingerprint density at radius 2 is 1.77 bits per heavy atom. The zero-order valence-corrected chi connectivity index (χ0v) is 18.1. The highest BCUT2D eigenvalue weighted by Crippen LogP contribution is 2.24. The molecule has 1 aromatic carbocycles. The van der Waals surface area contributed by atoms with Gasteiger partial charge in [0.25, 0.3) is 0 Å². The van der Waals surface area contributed by atoms with E-state index >= 15 is 0 Å². The van der Waals surface area contributed by atoms with E-state index in [0.29, 0.717) is 10.9 Å². The summed E-state index contributed by atoms with van der Waals surface area (Å²) in [5.41, 5.74) is 5.02. The average molecular weight is 418 g/mol. The van der Waals surface area contributed by atoms with Crippen LogP contribution < -0.4 is 0 Å². The van der Waals surface area contributed by atoms with Gasteiger partial charge in [-0.1, -0.05) is 42.1 Å².